The van der Waals surface area contributed by atoms with Gasteiger partial charge in [-0.25, -0.2) is 0 Å². The highest BCUT2D eigenvalue weighted by Crippen LogP contribution is 2.24. The van der Waals surface area contributed by atoms with Crippen LogP contribution in [0.25, 0.3) is 0 Å². The van der Waals surface area contributed by atoms with Gasteiger partial charge in [0.15, 0.2) is 0 Å². The fraction of sp³-hybridized carbons (Fsp3) is 0.565. The van der Waals surface area contributed by atoms with Gasteiger partial charge in [0.1, 0.15) is 11.6 Å². The third-order valence-electron chi connectivity index (χ3n) is 5.52. The van der Waals surface area contributed by atoms with E-state index in [0.29, 0.717) is 0 Å². The van der Waals surface area contributed by atoms with Crippen molar-refractivity contribution in [1.29, 1.82) is 5.26 Å². The fourth-order valence-corrected chi connectivity index (χ4v) is 3.65. The normalized spacial score (nSPS) is 14.9. The molecule has 0 saturated carbocycles. The molecule has 0 aliphatic heterocycles. The van der Waals surface area contributed by atoms with Gasteiger partial charge in [-0.3, -0.25) is 4.79 Å². The smallest absolute Gasteiger partial charge is 0.263 e. The highest BCUT2D eigenvalue weighted by molar-refractivity contribution is 5.97. The Morgan fingerprint density at radius 1 is 1.25 bits per heavy atom. The molecule has 1 aromatic rings. The molecule has 0 bridgehead atoms. The summed E-state index contributed by atoms with van der Waals surface area (Å²) in [7, 11) is 0. The lowest BCUT2D eigenvalue weighted by Crippen LogP contribution is -2.29. The van der Waals surface area contributed by atoms with E-state index in [4.69, 9.17) is 0 Å². The van der Waals surface area contributed by atoms with Gasteiger partial charge >= 0.3 is 0 Å². The number of nitriles is 1. The van der Waals surface area contributed by atoms with Gasteiger partial charge < -0.3 is 15.5 Å². The molecule has 2 rings (SSSR count). The molecule has 28 heavy (non-hydrogen) atoms. The van der Waals surface area contributed by atoms with Gasteiger partial charge in [0.05, 0.1) is 6.04 Å². The van der Waals surface area contributed by atoms with E-state index >= 15 is 0 Å². The Morgan fingerprint density at radius 2 is 1.96 bits per heavy atom. The molecule has 1 aliphatic rings. The number of rotatable bonds is 10. The second-order valence-electron chi connectivity index (χ2n) is 7.43. The van der Waals surface area contributed by atoms with E-state index in [0.717, 1.165) is 51.0 Å². The number of aryl methyl sites for hydroxylation is 2. The Balaban J connectivity index is 1.86. The van der Waals surface area contributed by atoms with Crippen molar-refractivity contribution >= 4 is 5.91 Å². The van der Waals surface area contributed by atoms with Crippen LogP contribution in [0, 0.1) is 11.3 Å². The molecular formula is C23H34N4O. The van der Waals surface area contributed by atoms with E-state index < -0.39 is 0 Å². The van der Waals surface area contributed by atoms with Crippen LogP contribution in [0.2, 0.25) is 0 Å². The second kappa shape index (κ2) is 11.5. The minimum atomic E-state index is -0.330. The first kappa shape index (κ1) is 22.0. The summed E-state index contributed by atoms with van der Waals surface area (Å²) in [5.74, 6) is -0.330. The Labute approximate surface area is 169 Å². The summed E-state index contributed by atoms with van der Waals surface area (Å²) < 4.78 is 0. The lowest BCUT2D eigenvalue weighted by atomic mass is 9.89. The summed E-state index contributed by atoms with van der Waals surface area (Å²) in [6.45, 7) is 10.1. The van der Waals surface area contributed by atoms with E-state index in [1.165, 1.54) is 30.2 Å². The van der Waals surface area contributed by atoms with Crippen molar-refractivity contribution in [3.05, 3.63) is 46.7 Å². The van der Waals surface area contributed by atoms with Crippen LogP contribution < -0.4 is 10.6 Å². The number of benzene rings is 1. The molecule has 0 saturated heterocycles. The highest BCUT2D eigenvalue weighted by atomic mass is 16.1. The molecule has 2 N–H and O–H groups in total. The van der Waals surface area contributed by atoms with E-state index in [2.05, 4.69) is 47.6 Å². The molecule has 1 aromatic carbocycles. The molecule has 0 spiro atoms. The summed E-state index contributed by atoms with van der Waals surface area (Å²) in [6.07, 6.45) is 7.28. The maximum atomic E-state index is 12.5. The van der Waals surface area contributed by atoms with Crippen LogP contribution in [0.3, 0.4) is 0 Å². The number of hydrogen-bond acceptors (Lipinski definition) is 4. The van der Waals surface area contributed by atoms with Crippen molar-refractivity contribution in [3.63, 3.8) is 0 Å². The van der Waals surface area contributed by atoms with Gasteiger partial charge in [-0.15, -0.1) is 0 Å². The molecule has 5 heteroatoms. The molecule has 1 amide bonds. The first-order valence-corrected chi connectivity index (χ1v) is 10.6. The predicted molar refractivity (Wildman–Crippen MR) is 114 cm³/mol. The molecule has 0 fully saturated rings. The SMILES string of the molecule is CCN(CC)CCCN/C=C(/C#N)C(=O)NC(C)c1ccc2c(c1)CCCC2. The van der Waals surface area contributed by atoms with Crippen molar-refractivity contribution in [2.45, 2.75) is 58.9 Å². The standard InChI is InChI=1S/C23H34N4O/c1-4-27(5-2)14-8-13-25-17-22(16-24)23(28)26-18(3)20-12-11-19-9-6-7-10-21(19)15-20/h11-12,15,17-18,25H,4-10,13-14H2,1-3H3,(H,26,28)/b22-17-. The number of carbonyl (C=O) groups excluding carboxylic acids is 1. The van der Waals surface area contributed by atoms with Gasteiger partial charge in [-0.05, 0) is 75.4 Å². The van der Waals surface area contributed by atoms with Crippen molar-refractivity contribution in [1.82, 2.24) is 15.5 Å². The van der Waals surface area contributed by atoms with E-state index in [1.807, 2.05) is 13.0 Å². The van der Waals surface area contributed by atoms with Gasteiger partial charge in [0.2, 0.25) is 0 Å². The maximum absolute atomic E-state index is 12.5. The van der Waals surface area contributed by atoms with Gasteiger partial charge in [-0.2, -0.15) is 5.26 Å². The van der Waals surface area contributed by atoms with Crippen molar-refractivity contribution in [2.24, 2.45) is 0 Å². The number of nitrogens with one attached hydrogen (secondary N) is 2. The van der Waals surface area contributed by atoms with Gasteiger partial charge in [0.25, 0.3) is 5.91 Å². The quantitative estimate of drug-likeness (QED) is 0.369. The Morgan fingerprint density at radius 3 is 2.64 bits per heavy atom. The molecular weight excluding hydrogens is 348 g/mol. The zero-order valence-electron chi connectivity index (χ0n) is 17.6. The third kappa shape index (κ3) is 6.38. The maximum Gasteiger partial charge on any atom is 0.263 e. The summed E-state index contributed by atoms with van der Waals surface area (Å²) in [4.78, 5) is 14.8. The van der Waals surface area contributed by atoms with Crippen LogP contribution in [0.15, 0.2) is 30.0 Å². The summed E-state index contributed by atoms with van der Waals surface area (Å²) >= 11 is 0. The first-order chi connectivity index (χ1) is 13.6. The first-order valence-electron chi connectivity index (χ1n) is 10.6. The van der Waals surface area contributed by atoms with E-state index in [9.17, 15) is 10.1 Å². The monoisotopic (exact) mass is 382 g/mol. The second-order valence-corrected chi connectivity index (χ2v) is 7.43. The molecule has 0 aromatic heterocycles. The van der Waals surface area contributed by atoms with Crippen LogP contribution in [0.4, 0.5) is 0 Å². The van der Waals surface area contributed by atoms with Crippen LogP contribution >= 0.6 is 0 Å². The molecule has 0 heterocycles. The third-order valence-corrected chi connectivity index (χ3v) is 5.52. The zero-order chi connectivity index (χ0) is 20.4. The molecule has 152 valence electrons. The average Bonchev–Trinajstić information content (AvgIpc) is 2.73. The minimum absolute atomic E-state index is 0.118. The summed E-state index contributed by atoms with van der Waals surface area (Å²) in [6, 6.07) is 8.37. The number of carbonyl (C=O) groups is 1. The predicted octanol–water partition coefficient (Wildman–Crippen LogP) is 3.47. The van der Waals surface area contributed by atoms with Gasteiger partial charge in [-0.1, -0.05) is 32.0 Å². The topological polar surface area (TPSA) is 68.2 Å². The van der Waals surface area contributed by atoms with Crippen molar-refractivity contribution < 1.29 is 4.79 Å². The largest absolute Gasteiger partial charge is 0.390 e. The number of hydrogen-bond donors (Lipinski definition) is 2. The van der Waals surface area contributed by atoms with Gasteiger partial charge in [0, 0.05) is 12.7 Å². The Hall–Kier alpha value is -2.32. The number of nitrogens with zero attached hydrogens (tertiary/aromatic N) is 2. The average molecular weight is 383 g/mol. The summed E-state index contributed by atoms with van der Waals surface area (Å²) in [5, 5.41) is 15.4. The van der Waals surface area contributed by atoms with Crippen LogP contribution in [0.1, 0.15) is 62.8 Å². The molecule has 1 unspecified atom stereocenters. The Bertz CT molecular complexity index is 716. The van der Waals surface area contributed by atoms with Crippen molar-refractivity contribution in [3.8, 4) is 6.07 Å². The Kier molecular flexibility index (Phi) is 9.03. The molecule has 0 radical (unpaired) electrons. The highest BCUT2D eigenvalue weighted by Gasteiger charge is 2.16. The lowest BCUT2D eigenvalue weighted by Gasteiger charge is -2.20. The number of amides is 1. The molecule has 1 atom stereocenters. The molecule has 5 nitrogen and oxygen atoms in total. The number of fused-ring (bicyclic) bond motifs is 1. The van der Waals surface area contributed by atoms with E-state index in [1.54, 1.807) is 0 Å². The van der Waals surface area contributed by atoms with Crippen LogP contribution in [-0.2, 0) is 17.6 Å². The summed E-state index contributed by atoms with van der Waals surface area (Å²) in [5.41, 5.74) is 4.04. The fourth-order valence-electron chi connectivity index (χ4n) is 3.65. The van der Waals surface area contributed by atoms with Crippen LogP contribution in [0.5, 0.6) is 0 Å². The van der Waals surface area contributed by atoms with E-state index in [-0.39, 0.29) is 17.5 Å². The zero-order valence-corrected chi connectivity index (χ0v) is 17.6. The minimum Gasteiger partial charge on any atom is -0.390 e. The molecule has 1 aliphatic carbocycles. The lowest BCUT2D eigenvalue weighted by molar-refractivity contribution is -0.117. The van der Waals surface area contributed by atoms with Crippen LogP contribution in [-0.4, -0.2) is 37.0 Å². The van der Waals surface area contributed by atoms with Crippen molar-refractivity contribution in [2.75, 3.05) is 26.2 Å².